The van der Waals surface area contributed by atoms with Crippen LogP contribution in [0.25, 0.3) is 0 Å². The molecule has 2 saturated heterocycles. The molecule has 4 heterocycles. The summed E-state index contributed by atoms with van der Waals surface area (Å²) < 4.78 is 6.06. The van der Waals surface area contributed by atoms with Crippen molar-refractivity contribution < 1.29 is 9.53 Å². The van der Waals surface area contributed by atoms with E-state index < -0.39 is 0 Å². The first-order valence-corrected chi connectivity index (χ1v) is 9.02. The topological polar surface area (TPSA) is 80.2 Å². The van der Waals surface area contributed by atoms with Gasteiger partial charge in [-0.05, 0) is 43.4 Å². The Morgan fingerprint density at radius 2 is 2.15 bits per heavy atom. The summed E-state index contributed by atoms with van der Waals surface area (Å²) in [5.41, 5.74) is 1.50. The highest BCUT2D eigenvalue weighted by Crippen LogP contribution is 2.42. The summed E-state index contributed by atoms with van der Waals surface area (Å²) in [6, 6.07) is 3.59. The van der Waals surface area contributed by atoms with Crippen molar-refractivity contribution in [2.24, 2.45) is 5.92 Å². The number of aromatic nitrogens is 3. The van der Waals surface area contributed by atoms with Crippen molar-refractivity contribution in [3.05, 3.63) is 48.0 Å². The molecule has 136 valence electrons. The van der Waals surface area contributed by atoms with E-state index in [1.807, 2.05) is 24.2 Å². The third kappa shape index (κ3) is 3.26. The van der Waals surface area contributed by atoms with Crippen LogP contribution in [0.5, 0.6) is 0 Å². The van der Waals surface area contributed by atoms with Gasteiger partial charge in [-0.3, -0.25) is 9.78 Å². The van der Waals surface area contributed by atoms with E-state index >= 15 is 0 Å². The van der Waals surface area contributed by atoms with Crippen LogP contribution >= 0.6 is 0 Å². The number of nitrogens with zero attached hydrogens (tertiary/aromatic N) is 4. The Hall–Kier alpha value is -2.54. The summed E-state index contributed by atoms with van der Waals surface area (Å²) in [6.07, 6.45) is 8.92. The highest BCUT2D eigenvalue weighted by atomic mass is 16.5. The number of anilines is 1. The molecule has 1 N–H and O–H groups in total. The van der Waals surface area contributed by atoms with E-state index in [1.165, 1.54) is 0 Å². The van der Waals surface area contributed by atoms with Gasteiger partial charge < -0.3 is 15.0 Å². The lowest BCUT2D eigenvalue weighted by molar-refractivity contribution is -0.117. The molecule has 4 rings (SSSR count). The van der Waals surface area contributed by atoms with E-state index in [2.05, 4.69) is 20.3 Å². The molecule has 7 heteroatoms. The Morgan fingerprint density at radius 1 is 1.35 bits per heavy atom. The average Bonchev–Trinajstić information content (AvgIpc) is 3.06. The summed E-state index contributed by atoms with van der Waals surface area (Å²) in [7, 11) is 0. The number of hydrogen-bond acceptors (Lipinski definition) is 6. The molecule has 2 aromatic heterocycles. The maximum absolute atomic E-state index is 12.5. The van der Waals surface area contributed by atoms with Gasteiger partial charge in [0.25, 0.3) is 5.91 Å². The summed E-state index contributed by atoms with van der Waals surface area (Å²) in [4.78, 5) is 26.9. The predicted octanol–water partition coefficient (Wildman–Crippen LogP) is 1.91. The fourth-order valence-electron chi connectivity index (χ4n) is 3.80. The van der Waals surface area contributed by atoms with Gasteiger partial charge in [0.2, 0.25) is 5.95 Å². The minimum atomic E-state index is -0.187. The zero-order chi connectivity index (χ0) is 18.0. The van der Waals surface area contributed by atoms with Crippen LogP contribution in [0.1, 0.15) is 28.8 Å². The zero-order valence-corrected chi connectivity index (χ0v) is 14.9. The molecule has 2 aliphatic rings. The van der Waals surface area contributed by atoms with Gasteiger partial charge in [-0.15, -0.1) is 0 Å². The first kappa shape index (κ1) is 16.9. The number of ether oxygens (including phenoxy) is 1. The monoisotopic (exact) mass is 353 g/mol. The summed E-state index contributed by atoms with van der Waals surface area (Å²) in [5, 5.41) is 3.28. The smallest absolute Gasteiger partial charge is 0.255 e. The Bertz CT molecular complexity index is 759. The highest BCUT2D eigenvalue weighted by molar-refractivity contribution is 5.94. The van der Waals surface area contributed by atoms with Crippen LogP contribution in [0.2, 0.25) is 0 Å². The lowest BCUT2D eigenvalue weighted by Gasteiger charge is -2.50. The second kappa shape index (κ2) is 6.99. The third-order valence-electron chi connectivity index (χ3n) is 5.27. The molecule has 7 nitrogen and oxygen atoms in total. The Labute approximate surface area is 152 Å². The Kier molecular flexibility index (Phi) is 4.55. The molecule has 2 fully saturated rings. The molecule has 1 atom stereocenters. The number of aryl methyl sites for hydroxylation is 1. The number of carbonyl (C=O) groups is 1. The summed E-state index contributed by atoms with van der Waals surface area (Å²) >= 11 is 0. The number of pyridine rings is 1. The summed E-state index contributed by atoms with van der Waals surface area (Å²) in [5.74, 6) is 1.13. The number of amides is 1. The van der Waals surface area contributed by atoms with Gasteiger partial charge in [0.15, 0.2) is 0 Å². The fraction of sp³-hybridized carbons (Fsp3) is 0.474. The van der Waals surface area contributed by atoms with E-state index in [-0.39, 0.29) is 11.5 Å². The molecule has 1 spiro atoms. The van der Waals surface area contributed by atoms with Crippen molar-refractivity contribution >= 4 is 11.9 Å². The predicted molar refractivity (Wildman–Crippen MR) is 96.8 cm³/mol. The maximum Gasteiger partial charge on any atom is 0.255 e. The van der Waals surface area contributed by atoms with E-state index in [4.69, 9.17) is 4.74 Å². The van der Waals surface area contributed by atoms with Gasteiger partial charge in [0.1, 0.15) is 5.60 Å². The van der Waals surface area contributed by atoms with Gasteiger partial charge in [0.05, 0.1) is 18.7 Å². The molecule has 0 aliphatic carbocycles. The molecule has 0 saturated carbocycles. The largest absolute Gasteiger partial charge is 0.371 e. The minimum absolute atomic E-state index is 0.0316. The van der Waals surface area contributed by atoms with E-state index in [0.29, 0.717) is 30.5 Å². The molecular weight excluding hydrogens is 330 g/mol. The van der Waals surface area contributed by atoms with Crippen LogP contribution in [-0.4, -0.2) is 57.6 Å². The molecule has 2 aliphatic heterocycles. The van der Waals surface area contributed by atoms with Gasteiger partial charge >= 0.3 is 0 Å². The van der Waals surface area contributed by atoms with Crippen molar-refractivity contribution in [2.75, 3.05) is 31.6 Å². The first-order valence-electron chi connectivity index (χ1n) is 9.02. The van der Waals surface area contributed by atoms with E-state index in [9.17, 15) is 4.79 Å². The van der Waals surface area contributed by atoms with Gasteiger partial charge in [0, 0.05) is 37.9 Å². The quantitative estimate of drug-likeness (QED) is 0.884. The molecular formula is C19H23N5O2. The van der Waals surface area contributed by atoms with Crippen molar-refractivity contribution in [3.8, 4) is 0 Å². The molecule has 0 bridgehead atoms. The molecule has 0 aromatic carbocycles. The summed E-state index contributed by atoms with van der Waals surface area (Å²) in [6.45, 7) is 4.85. The van der Waals surface area contributed by atoms with Crippen LogP contribution in [0, 0.1) is 12.8 Å². The van der Waals surface area contributed by atoms with Crippen LogP contribution in [0.4, 0.5) is 5.95 Å². The maximum atomic E-state index is 12.5. The van der Waals surface area contributed by atoms with Crippen LogP contribution < -0.4 is 5.32 Å². The average molecular weight is 353 g/mol. The molecule has 26 heavy (non-hydrogen) atoms. The minimum Gasteiger partial charge on any atom is -0.371 e. The standard InChI is InChI=1S/C19H23N5O2/c1-14-9-22-18(23-10-14)21-7-4-16-5-8-26-19(16)12-24(13-19)17(25)15-3-2-6-20-11-15/h2-3,6,9-11,16H,4-5,7-8,12-13H2,1H3,(H,21,22,23). The number of nitrogens with one attached hydrogen (secondary N) is 1. The van der Waals surface area contributed by atoms with Gasteiger partial charge in [-0.25, -0.2) is 9.97 Å². The SMILES string of the molecule is Cc1cnc(NCCC2CCOC23CN(C(=O)c2cccnc2)C3)nc1. The van der Waals surface area contributed by atoms with E-state index in [0.717, 1.165) is 31.6 Å². The van der Waals surface area contributed by atoms with Gasteiger partial charge in [-0.2, -0.15) is 0 Å². The highest BCUT2D eigenvalue weighted by Gasteiger charge is 2.54. The van der Waals surface area contributed by atoms with Crippen LogP contribution in [0.15, 0.2) is 36.9 Å². The molecule has 1 unspecified atom stereocenters. The normalized spacial score (nSPS) is 20.8. The van der Waals surface area contributed by atoms with Crippen molar-refractivity contribution in [2.45, 2.75) is 25.4 Å². The second-order valence-corrected chi connectivity index (χ2v) is 7.10. The zero-order valence-electron chi connectivity index (χ0n) is 14.9. The molecule has 2 aromatic rings. The Morgan fingerprint density at radius 3 is 2.88 bits per heavy atom. The number of rotatable bonds is 5. The van der Waals surface area contributed by atoms with Crippen LogP contribution in [-0.2, 0) is 4.74 Å². The number of carbonyl (C=O) groups excluding carboxylic acids is 1. The van der Waals surface area contributed by atoms with Crippen LogP contribution in [0.3, 0.4) is 0 Å². The molecule has 1 amide bonds. The number of hydrogen-bond donors (Lipinski definition) is 1. The van der Waals surface area contributed by atoms with Crippen molar-refractivity contribution in [1.82, 2.24) is 19.9 Å². The Balaban J connectivity index is 1.30. The van der Waals surface area contributed by atoms with Gasteiger partial charge in [-0.1, -0.05) is 0 Å². The lowest BCUT2D eigenvalue weighted by Crippen LogP contribution is -2.66. The van der Waals surface area contributed by atoms with Crippen molar-refractivity contribution in [1.29, 1.82) is 0 Å². The second-order valence-electron chi connectivity index (χ2n) is 7.10. The molecule has 0 radical (unpaired) electrons. The third-order valence-corrected chi connectivity index (χ3v) is 5.27. The first-order chi connectivity index (χ1) is 12.7. The fourth-order valence-corrected chi connectivity index (χ4v) is 3.80. The van der Waals surface area contributed by atoms with Crippen molar-refractivity contribution in [3.63, 3.8) is 0 Å². The lowest BCUT2D eigenvalue weighted by atomic mass is 9.78. The number of likely N-dealkylation sites (tertiary alicyclic amines) is 1. The van der Waals surface area contributed by atoms with E-state index in [1.54, 1.807) is 24.5 Å².